The van der Waals surface area contributed by atoms with Gasteiger partial charge in [0, 0.05) is 4.88 Å². The van der Waals surface area contributed by atoms with E-state index in [9.17, 15) is 9.59 Å². The Kier molecular flexibility index (Phi) is 5.50. The van der Waals surface area contributed by atoms with Crippen LogP contribution in [0.5, 0.6) is 5.75 Å². The first-order valence-electron chi connectivity index (χ1n) is 9.52. The number of aryl methyl sites for hydroxylation is 1. The molecule has 150 valence electrons. The molecule has 3 N–H and O–H groups in total. The molecule has 0 aliphatic heterocycles. The minimum Gasteiger partial charge on any atom is -0.484 e. The van der Waals surface area contributed by atoms with Crippen molar-refractivity contribution in [3.8, 4) is 22.9 Å². The summed E-state index contributed by atoms with van der Waals surface area (Å²) in [5.74, 6) is -0.288. The molecule has 0 unspecified atom stereocenters. The number of hydrogen-bond donors (Lipinski definition) is 2. The molecule has 4 rings (SSSR count). The minimum atomic E-state index is -0.510. The zero-order chi connectivity index (χ0) is 21.1. The summed E-state index contributed by atoms with van der Waals surface area (Å²) in [7, 11) is 0. The van der Waals surface area contributed by atoms with E-state index in [2.05, 4.69) is 11.4 Å². The van der Waals surface area contributed by atoms with Crippen LogP contribution in [-0.4, -0.2) is 18.4 Å². The van der Waals surface area contributed by atoms with E-state index < -0.39 is 5.91 Å². The summed E-state index contributed by atoms with van der Waals surface area (Å²) in [6, 6.07) is 16.8. The number of primary amides is 1. The van der Waals surface area contributed by atoms with Gasteiger partial charge in [0.15, 0.2) is 6.61 Å². The monoisotopic (exact) mass is 417 g/mol. The highest BCUT2D eigenvalue weighted by Crippen LogP contribution is 2.38. The van der Waals surface area contributed by atoms with E-state index in [4.69, 9.17) is 15.7 Å². The van der Waals surface area contributed by atoms with Crippen molar-refractivity contribution in [2.24, 2.45) is 5.73 Å². The lowest BCUT2D eigenvalue weighted by molar-refractivity contribution is -0.118. The lowest BCUT2D eigenvalue weighted by Gasteiger charge is -2.09. The Hall–Kier alpha value is -3.63. The topological polar surface area (TPSA) is 105 Å². The second-order valence-corrected chi connectivity index (χ2v) is 8.08. The summed E-state index contributed by atoms with van der Waals surface area (Å²) < 4.78 is 5.58. The third kappa shape index (κ3) is 4.04. The summed E-state index contributed by atoms with van der Waals surface area (Å²) in [6.07, 6.45) is 2.75. The fourth-order valence-corrected chi connectivity index (χ4v) is 4.86. The van der Waals surface area contributed by atoms with Gasteiger partial charge in [0.25, 0.3) is 11.8 Å². The lowest BCUT2D eigenvalue weighted by Crippen LogP contribution is -2.22. The predicted octanol–water partition coefficient (Wildman–Crippen LogP) is 3.89. The largest absolute Gasteiger partial charge is 0.484 e. The first kappa shape index (κ1) is 19.7. The number of carbonyl (C=O) groups excluding carboxylic acids is 2. The van der Waals surface area contributed by atoms with Crippen molar-refractivity contribution in [3.63, 3.8) is 0 Å². The van der Waals surface area contributed by atoms with Gasteiger partial charge < -0.3 is 15.8 Å². The van der Waals surface area contributed by atoms with Crippen molar-refractivity contribution in [2.75, 3.05) is 11.9 Å². The van der Waals surface area contributed by atoms with Crippen LogP contribution < -0.4 is 15.8 Å². The number of ether oxygens (including phenoxy) is 1. The minimum absolute atomic E-state index is 0.170. The zero-order valence-electron chi connectivity index (χ0n) is 16.1. The highest BCUT2D eigenvalue weighted by Gasteiger charge is 2.26. The molecule has 0 atom stereocenters. The molecule has 2 amide bonds. The van der Waals surface area contributed by atoms with E-state index in [0.717, 1.165) is 40.8 Å². The van der Waals surface area contributed by atoms with Gasteiger partial charge in [-0.05, 0) is 60.2 Å². The Labute approximate surface area is 177 Å². The molecule has 0 saturated heterocycles. The van der Waals surface area contributed by atoms with Crippen LogP contribution >= 0.6 is 11.3 Å². The molecule has 30 heavy (non-hydrogen) atoms. The second kappa shape index (κ2) is 8.39. The van der Waals surface area contributed by atoms with E-state index in [-0.39, 0.29) is 12.5 Å². The number of anilines is 1. The van der Waals surface area contributed by atoms with Crippen LogP contribution in [0.4, 0.5) is 5.00 Å². The Bertz CT molecular complexity index is 1140. The van der Waals surface area contributed by atoms with E-state index in [0.29, 0.717) is 21.9 Å². The molecule has 0 spiro atoms. The number of nitrogens with one attached hydrogen (secondary N) is 1. The van der Waals surface area contributed by atoms with E-state index in [1.807, 2.05) is 24.3 Å². The van der Waals surface area contributed by atoms with Gasteiger partial charge in [0.05, 0.1) is 17.2 Å². The molecular formula is C23H19N3O3S. The van der Waals surface area contributed by atoms with Gasteiger partial charge in [0.1, 0.15) is 10.8 Å². The van der Waals surface area contributed by atoms with E-state index >= 15 is 0 Å². The van der Waals surface area contributed by atoms with Crippen molar-refractivity contribution >= 4 is 28.2 Å². The number of carbonyl (C=O) groups is 2. The summed E-state index contributed by atoms with van der Waals surface area (Å²) in [5.41, 5.74) is 9.51. The fourth-order valence-electron chi connectivity index (χ4n) is 3.55. The molecule has 6 nitrogen and oxygen atoms in total. The number of nitriles is 1. The molecule has 1 aliphatic carbocycles. The third-order valence-electron chi connectivity index (χ3n) is 4.99. The average Bonchev–Trinajstić information content (AvgIpc) is 3.33. The number of nitrogens with zero attached hydrogens (tertiary/aromatic N) is 1. The normalized spacial score (nSPS) is 12.1. The molecule has 7 heteroatoms. The van der Waals surface area contributed by atoms with Crippen molar-refractivity contribution in [1.29, 1.82) is 5.26 Å². The number of hydrogen-bond acceptors (Lipinski definition) is 5. The van der Waals surface area contributed by atoms with E-state index in [1.54, 1.807) is 24.3 Å². The average molecular weight is 417 g/mol. The number of thiophene rings is 1. The van der Waals surface area contributed by atoms with Gasteiger partial charge in [-0.2, -0.15) is 5.26 Å². The Morgan fingerprint density at radius 3 is 2.37 bits per heavy atom. The third-order valence-corrected chi connectivity index (χ3v) is 6.20. The number of benzene rings is 2. The van der Waals surface area contributed by atoms with E-state index in [1.165, 1.54) is 11.3 Å². The van der Waals surface area contributed by atoms with Gasteiger partial charge >= 0.3 is 0 Å². The van der Waals surface area contributed by atoms with Crippen LogP contribution in [-0.2, 0) is 17.6 Å². The van der Waals surface area contributed by atoms with Crippen molar-refractivity contribution < 1.29 is 14.3 Å². The van der Waals surface area contributed by atoms with Gasteiger partial charge in [-0.25, -0.2) is 0 Å². The molecule has 2 aromatic carbocycles. The summed E-state index contributed by atoms with van der Waals surface area (Å²) in [5, 5.41) is 12.2. The number of nitrogens with two attached hydrogens (primary N) is 1. The number of rotatable bonds is 6. The quantitative estimate of drug-likeness (QED) is 0.635. The summed E-state index contributed by atoms with van der Waals surface area (Å²) in [6.45, 7) is -0.170. The van der Waals surface area contributed by atoms with Crippen molar-refractivity contribution in [2.45, 2.75) is 19.3 Å². The maximum atomic E-state index is 12.3. The fraction of sp³-hybridized carbons (Fsp3) is 0.174. The standard InChI is InChI=1S/C23H19N3O3S/c24-12-14-4-6-15(7-5-14)16-8-10-17(11-9-16)29-13-20(27)26-23-21(22(25)28)18-2-1-3-19(18)30-23/h4-11H,1-3,13H2,(H2,25,28)(H,26,27). The van der Waals surface area contributed by atoms with Gasteiger partial charge in [0.2, 0.25) is 0 Å². The predicted molar refractivity (Wildman–Crippen MR) is 116 cm³/mol. The van der Waals surface area contributed by atoms with Crippen LogP contribution in [0.1, 0.15) is 32.8 Å². The van der Waals surface area contributed by atoms with Gasteiger partial charge in [-0.3, -0.25) is 9.59 Å². The van der Waals surface area contributed by atoms with Crippen LogP contribution in [0.25, 0.3) is 11.1 Å². The summed E-state index contributed by atoms with van der Waals surface area (Å²) >= 11 is 1.42. The molecule has 0 saturated carbocycles. The van der Waals surface area contributed by atoms with Gasteiger partial charge in [-0.1, -0.05) is 24.3 Å². The molecule has 0 radical (unpaired) electrons. The van der Waals surface area contributed by atoms with Crippen LogP contribution in [0, 0.1) is 11.3 Å². The highest BCUT2D eigenvalue weighted by atomic mass is 32.1. The molecule has 1 heterocycles. The van der Waals surface area contributed by atoms with Crippen molar-refractivity contribution in [3.05, 3.63) is 70.1 Å². The first-order chi connectivity index (χ1) is 14.5. The number of amides is 2. The van der Waals surface area contributed by atoms with Crippen LogP contribution in [0.2, 0.25) is 0 Å². The van der Waals surface area contributed by atoms with Crippen LogP contribution in [0.3, 0.4) is 0 Å². The smallest absolute Gasteiger partial charge is 0.262 e. The maximum Gasteiger partial charge on any atom is 0.262 e. The van der Waals surface area contributed by atoms with Gasteiger partial charge in [-0.15, -0.1) is 11.3 Å². The first-order valence-corrected chi connectivity index (χ1v) is 10.3. The Morgan fingerprint density at radius 1 is 1.07 bits per heavy atom. The van der Waals surface area contributed by atoms with Crippen molar-refractivity contribution in [1.82, 2.24) is 0 Å². The Balaban J connectivity index is 1.37. The SMILES string of the molecule is N#Cc1ccc(-c2ccc(OCC(=O)Nc3sc4c(c3C(N)=O)CCC4)cc2)cc1. The molecule has 3 aromatic rings. The lowest BCUT2D eigenvalue weighted by atomic mass is 10.0. The Morgan fingerprint density at radius 2 is 1.73 bits per heavy atom. The highest BCUT2D eigenvalue weighted by molar-refractivity contribution is 7.17. The molecule has 0 fully saturated rings. The molecule has 1 aromatic heterocycles. The van der Waals surface area contributed by atoms with Crippen LogP contribution in [0.15, 0.2) is 48.5 Å². The second-order valence-electron chi connectivity index (χ2n) is 6.98. The number of fused-ring (bicyclic) bond motifs is 1. The summed E-state index contributed by atoms with van der Waals surface area (Å²) in [4.78, 5) is 25.3. The molecule has 1 aliphatic rings. The zero-order valence-corrected chi connectivity index (χ0v) is 16.9. The molecule has 0 bridgehead atoms. The molecular weight excluding hydrogens is 398 g/mol. The maximum absolute atomic E-state index is 12.3.